The van der Waals surface area contributed by atoms with E-state index in [0.717, 1.165) is 16.7 Å². The summed E-state index contributed by atoms with van der Waals surface area (Å²) in [5.74, 6) is 1.03. The topological polar surface area (TPSA) is 74.8 Å². The van der Waals surface area contributed by atoms with Gasteiger partial charge in [0.1, 0.15) is 16.7 Å². The van der Waals surface area contributed by atoms with Crippen molar-refractivity contribution >= 4 is 33.2 Å². The van der Waals surface area contributed by atoms with E-state index >= 15 is 0 Å². The van der Waals surface area contributed by atoms with Crippen LogP contribution in [0.4, 0.5) is 0 Å². The fourth-order valence-electron chi connectivity index (χ4n) is 3.79. The largest absolute Gasteiger partial charge is 0.497 e. The molecule has 7 heteroatoms. The van der Waals surface area contributed by atoms with Crippen LogP contribution in [0.3, 0.4) is 0 Å². The average molecular weight is 399 g/mol. The zero-order chi connectivity index (χ0) is 20.8. The Labute approximate surface area is 172 Å². The van der Waals surface area contributed by atoms with E-state index in [0.29, 0.717) is 40.4 Å². The van der Waals surface area contributed by atoms with Gasteiger partial charge in [0.05, 0.1) is 30.2 Å². The molecule has 2 aromatic carbocycles. The third-order valence-corrected chi connectivity index (χ3v) is 5.10. The third-order valence-electron chi connectivity index (χ3n) is 5.10. The Morgan fingerprint density at radius 1 is 1.00 bits per heavy atom. The highest BCUT2D eigenvalue weighted by molar-refractivity contribution is 6.05. The minimum absolute atomic E-state index is 0.107. The van der Waals surface area contributed by atoms with Crippen molar-refractivity contribution in [2.45, 2.75) is 20.4 Å². The quantitative estimate of drug-likeness (QED) is 0.457. The molecule has 0 N–H and O–H groups in total. The van der Waals surface area contributed by atoms with Gasteiger partial charge < -0.3 is 4.74 Å². The van der Waals surface area contributed by atoms with Gasteiger partial charge in [0.2, 0.25) is 0 Å². The summed E-state index contributed by atoms with van der Waals surface area (Å²) in [4.78, 5) is 27.7. The zero-order valence-corrected chi connectivity index (χ0v) is 17.0. The van der Waals surface area contributed by atoms with Crippen LogP contribution in [0.15, 0.2) is 59.7 Å². The van der Waals surface area contributed by atoms with Crippen molar-refractivity contribution in [3.05, 3.63) is 65.2 Å². The van der Waals surface area contributed by atoms with Gasteiger partial charge in [-0.2, -0.15) is 0 Å². The van der Waals surface area contributed by atoms with Crippen LogP contribution >= 0.6 is 0 Å². The normalized spacial score (nSPS) is 11.7. The molecule has 5 rings (SSSR count). The summed E-state index contributed by atoms with van der Waals surface area (Å²) < 4.78 is 8.93. The van der Waals surface area contributed by atoms with Crippen LogP contribution < -0.4 is 10.3 Å². The number of benzene rings is 2. The van der Waals surface area contributed by atoms with Crippen LogP contribution in [0.2, 0.25) is 0 Å². The second-order valence-electron chi connectivity index (χ2n) is 7.72. The van der Waals surface area contributed by atoms with Crippen molar-refractivity contribution in [1.29, 1.82) is 0 Å². The third kappa shape index (κ3) is 2.82. The van der Waals surface area contributed by atoms with Gasteiger partial charge in [-0.1, -0.05) is 32.0 Å². The molecule has 3 aromatic heterocycles. The van der Waals surface area contributed by atoms with Crippen LogP contribution in [0.25, 0.3) is 38.9 Å². The lowest BCUT2D eigenvalue weighted by Gasteiger charge is -2.10. The molecule has 5 aromatic rings. The summed E-state index contributed by atoms with van der Waals surface area (Å²) in [5.41, 5.74) is 3.91. The van der Waals surface area contributed by atoms with Gasteiger partial charge in [0.15, 0.2) is 11.3 Å². The highest BCUT2D eigenvalue weighted by Gasteiger charge is 2.21. The lowest BCUT2D eigenvalue weighted by atomic mass is 10.2. The first-order valence-corrected chi connectivity index (χ1v) is 9.87. The summed E-state index contributed by atoms with van der Waals surface area (Å²) in [6.07, 6.45) is 1.61. The van der Waals surface area contributed by atoms with E-state index in [4.69, 9.17) is 14.7 Å². The number of ether oxygens (including phenoxy) is 1. The first-order valence-electron chi connectivity index (χ1n) is 9.87. The average Bonchev–Trinajstić information content (AvgIpc) is 3.07. The number of hydrogen-bond donors (Lipinski definition) is 0. The SMILES string of the molecule is COc1cccc(-n2c3nc4ccccc4nc3c3c(=O)n(CC(C)C)cnc32)c1. The van der Waals surface area contributed by atoms with Crippen LogP contribution in [-0.4, -0.2) is 31.2 Å². The Kier molecular flexibility index (Phi) is 4.24. The van der Waals surface area contributed by atoms with E-state index in [9.17, 15) is 4.79 Å². The molecule has 3 heterocycles. The van der Waals surface area contributed by atoms with Crippen LogP contribution in [0.1, 0.15) is 13.8 Å². The van der Waals surface area contributed by atoms with Gasteiger partial charge >= 0.3 is 0 Å². The first kappa shape index (κ1) is 18.3. The van der Waals surface area contributed by atoms with Crippen LogP contribution in [0, 0.1) is 5.92 Å². The molecule has 0 saturated heterocycles. The predicted octanol–water partition coefficient (Wildman–Crippen LogP) is 3.95. The van der Waals surface area contributed by atoms with Gasteiger partial charge in [-0.05, 0) is 30.2 Å². The Balaban J connectivity index is 1.95. The van der Waals surface area contributed by atoms with Gasteiger partial charge in [0.25, 0.3) is 5.56 Å². The Hall–Kier alpha value is -3.74. The van der Waals surface area contributed by atoms with E-state index in [1.807, 2.05) is 53.1 Å². The molecule has 0 unspecified atom stereocenters. The van der Waals surface area contributed by atoms with Crippen molar-refractivity contribution in [2.24, 2.45) is 5.92 Å². The molecular formula is C23H21N5O2. The monoisotopic (exact) mass is 399 g/mol. The fraction of sp³-hybridized carbons (Fsp3) is 0.217. The molecule has 0 aliphatic rings. The van der Waals surface area contributed by atoms with E-state index in [1.165, 1.54) is 0 Å². The summed E-state index contributed by atoms with van der Waals surface area (Å²) >= 11 is 0. The van der Waals surface area contributed by atoms with E-state index < -0.39 is 0 Å². The maximum Gasteiger partial charge on any atom is 0.265 e. The molecule has 0 atom stereocenters. The number of nitrogens with zero attached hydrogens (tertiary/aromatic N) is 5. The standard InChI is InChI=1S/C23H21N5O2/c1-14(2)12-27-13-24-21-19(23(27)29)20-22(26-18-10-5-4-9-17(18)25-20)28(21)15-7-6-8-16(11-15)30-3/h4-11,13-14H,12H2,1-3H3. The second-order valence-corrected chi connectivity index (χ2v) is 7.72. The lowest BCUT2D eigenvalue weighted by Crippen LogP contribution is -2.23. The number of aromatic nitrogens is 5. The van der Waals surface area contributed by atoms with Gasteiger partial charge in [-0.25, -0.2) is 15.0 Å². The summed E-state index contributed by atoms with van der Waals surface area (Å²) in [7, 11) is 1.63. The smallest absolute Gasteiger partial charge is 0.265 e. The van der Waals surface area contributed by atoms with E-state index in [2.05, 4.69) is 18.8 Å². The molecule has 0 bridgehead atoms. The van der Waals surface area contributed by atoms with Crippen LogP contribution in [0.5, 0.6) is 5.75 Å². The molecule has 0 amide bonds. The van der Waals surface area contributed by atoms with Gasteiger partial charge in [-0.3, -0.25) is 13.9 Å². The number of fused-ring (bicyclic) bond motifs is 4. The Morgan fingerprint density at radius 2 is 1.77 bits per heavy atom. The number of para-hydroxylation sites is 2. The molecule has 0 spiro atoms. The highest BCUT2D eigenvalue weighted by atomic mass is 16.5. The number of hydrogen-bond acceptors (Lipinski definition) is 5. The maximum absolute atomic E-state index is 13.4. The van der Waals surface area contributed by atoms with E-state index in [-0.39, 0.29) is 5.56 Å². The van der Waals surface area contributed by atoms with Gasteiger partial charge in [0, 0.05) is 12.6 Å². The molecule has 0 saturated carbocycles. The number of rotatable bonds is 4. The minimum Gasteiger partial charge on any atom is -0.497 e. The first-order chi connectivity index (χ1) is 14.6. The zero-order valence-electron chi connectivity index (χ0n) is 17.0. The predicted molar refractivity (Wildman–Crippen MR) is 117 cm³/mol. The van der Waals surface area contributed by atoms with Crippen molar-refractivity contribution in [3.8, 4) is 11.4 Å². The molecule has 0 radical (unpaired) electrons. The summed E-state index contributed by atoms with van der Waals surface area (Å²) in [6.45, 7) is 4.74. The number of methoxy groups -OCH3 is 1. The molecular weight excluding hydrogens is 378 g/mol. The molecule has 150 valence electrons. The fourth-order valence-corrected chi connectivity index (χ4v) is 3.79. The minimum atomic E-state index is -0.107. The second kappa shape index (κ2) is 6.95. The molecule has 7 nitrogen and oxygen atoms in total. The van der Waals surface area contributed by atoms with Crippen LogP contribution in [-0.2, 0) is 6.54 Å². The molecule has 0 aliphatic heterocycles. The Bertz CT molecular complexity index is 1470. The molecule has 0 fully saturated rings. The van der Waals surface area contributed by atoms with Gasteiger partial charge in [-0.15, -0.1) is 0 Å². The molecule has 30 heavy (non-hydrogen) atoms. The highest BCUT2D eigenvalue weighted by Crippen LogP contribution is 2.29. The van der Waals surface area contributed by atoms with Crippen molar-refractivity contribution in [3.63, 3.8) is 0 Å². The summed E-state index contributed by atoms with van der Waals surface area (Å²) in [6, 6.07) is 15.3. The molecule has 0 aliphatic carbocycles. The maximum atomic E-state index is 13.4. The Morgan fingerprint density at radius 3 is 2.50 bits per heavy atom. The van der Waals surface area contributed by atoms with E-state index in [1.54, 1.807) is 18.0 Å². The van der Waals surface area contributed by atoms with Crippen molar-refractivity contribution < 1.29 is 4.74 Å². The van der Waals surface area contributed by atoms with Crippen molar-refractivity contribution in [1.82, 2.24) is 24.1 Å². The summed E-state index contributed by atoms with van der Waals surface area (Å²) in [5, 5.41) is 0.481. The lowest BCUT2D eigenvalue weighted by molar-refractivity contribution is 0.414. The van der Waals surface area contributed by atoms with Crippen molar-refractivity contribution in [2.75, 3.05) is 7.11 Å².